The predicted octanol–water partition coefficient (Wildman–Crippen LogP) is 4.74. The van der Waals surface area contributed by atoms with E-state index in [2.05, 4.69) is 0 Å². The van der Waals surface area contributed by atoms with E-state index in [1.54, 1.807) is 6.08 Å². The quantitative estimate of drug-likeness (QED) is 0.665. The van der Waals surface area contributed by atoms with Crippen molar-refractivity contribution in [3.05, 3.63) is 41.5 Å². The van der Waals surface area contributed by atoms with Crippen molar-refractivity contribution in [2.24, 2.45) is 5.92 Å². The van der Waals surface area contributed by atoms with E-state index in [-0.39, 0.29) is 12.8 Å². The third kappa shape index (κ3) is 2.90. The predicted molar refractivity (Wildman–Crippen MR) is 62.6 cm³/mol. The van der Waals surface area contributed by atoms with E-state index in [1.807, 2.05) is 31.2 Å². The number of hydrogen-bond acceptors (Lipinski definition) is 0. The van der Waals surface area contributed by atoms with Crippen LogP contribution in [0.1, 0.15) is 30.4 Å². The SMILES string of the molecule is Cc1ccc(C2=CCC(C(F)(F)F)CC2)cc1. The Hall–Kier alpha value is -1.25. The lowest BCUT2D eigenvalue weighted by Crippen LogP contribution is -2.24. The molecule has 0 aliphatic heterocycles. The van der Waals surface area contributed by atoms with Gasteiger partial charge in [0, 0.05) is 0 Å². The molecule has 0 aromatic heterocycles. The summed E-state index contributed by atoms with van der Waals surface area (Å²) in [4.78, 5) is 0. The van der Waals surface area contributed by atoms with Gasteiger partial charge >= 0.3 is 6.18 Å². The van der Waals surface area contributed by atoms with E-state index in [4.69, 9.17) is 0 Å². The van der Waals surface area contributed by atoms with Gasteiger partial charge < -0.3 is 0 Å². The Morgan fingerprint density at radius 1 is 1.12 bits per heavy atom. The molecular formula is C14H15F3. The van der Waals surface area contributed by atoms with Crippen LogP contribution in [-0.4, -0.2) is 6.18 Å². The van der Waals surface area contributed by atoms with Crippen LogP contribution in [-0.2, 0) is 0 Å². The van der Waals surface area contributed by atoms with Gasteiger partial charge in [-0.3, -0.25) is 0 Å². The lowest BCUT2D eigenvalue weighted by Gasteiger charge is -2.24. The zero-order valence-corrected chi connectivity index (χ0v) is 9.72. The fourth-order valence-electron chi connectivity index (χ4n) is 2.16. The Morgan fingerprint density at radius 3 is 2.24 bits per heavy atom. The summed E-state index contributed by atoms with van der Waals surface area (Å²) >= 11 is 0. The summed E-state index contributed by atoms with van der Waals surface area (Å²) in [6, 6.07) is 7.95. The fourth-order valence-corrected chi connectivity index (χ4v) is 2.16. The van der Waals surface area contributed by atoms with E-state index in [1.165, 1.54) is 5.56 Å². The van der Waals surface area contributed by atoms with Crippen LogP contribution in [0.2, 0.25) is 0 Å². The first kappa shape index (κ1) is 12.2. The van der Waals surface area contributed by atoms with Gasteiger partial charge in [-0.1, -0.05) is 35.9 Å². The third-order valence-corrected chi connectivity index (χ3v) is 3.30. The van der Waals surface area contributed by atoms with Gasteiger partial charge in [-0.2, -0.15) is 13.2 Å². The number of alkyl halides is 3. The van der Waals surface area contributed by atoms with Crippen molar-refractivity contribution in [3.8, 4) is 0 Å². The topological polar surface area (TPSA) is 0 Å². The molecule has 0 radical (unpaired) electrons. The number of rotatable bonds is 1. The van der Waals surface area contributed by atoms with Gasteiger partial charge in [0.1, 0.15) is 0 Å². The number of allylic oxidation sites excluding steroid dienone is 2. The van der Waals surface area contributed by atoms with Crippen LogP contribution in [0.25, 0.3) is 5.57 Å². The zero-order valence-electron chi connectivity index (χ0n) is 9.72. The summed E-state index contributed by atoms with van der Waals surface area (Å²) in [6.45, 7) is 2.00. The highest BCUT2D eigenvalue weighted by Gasteiger charge is 2.39. The van der Waals surface area contributed by atoms with Gasteiger partial charge in [-0.05, 0) is 37.3 Å². The second-order valence-corrected chi connectivity index (χ2v) is 4.61. The monoisotopic (exact) mass is 240 g/mol. The summed E-state index contributed by atoms with van der Waals surface area (Å²) in [6.07, 6.45) is -1.45. The number of aryl methyl sites for hydroxylation is 1. The number of hydrogen-bond donors (Lipinski definition) is 0. The molecule has 0 nitrogen and oxygen atoms in total. The number of benzene rings is 1. The Kier molecular flexibility index (Phi) is 3.27. The van der Waals surface area contributed by atoms with Crippen molar-refractivity contribution in [1.82, 2.24) is 0 Å². The van der Waals surface area contributed by atoms with Gasteiger partial charge in [0.2, 0.25) is 0 Å². The van der Waals surface area contributed by atoms with Crippen LogP contribution in [0.15, 0.2) is 30.3 Å². The highest BCUT2D eigenvalue weighted by Crippen LogP contribution is 2.39. The summed E-state index contributed by atoms with van der Waals surface area (Å²) in [7, 11) is 0. The molecule has 2 rings (SSSR count). The molecule has 0 bridgehead atoms. The van der Waals surface area contributed by atoms with Crippen molar-refractivity contribution < 1.29 is 13.2 Å². The smallest absolute Gasteiger partial charge is 0.171 e. The maximum absolute atomic E-state index is 12.5. The van der Waals surface area contributed by atoms with Gasteiger partial charge in [-0.25, -0.2) is 0 Å². The Balaban J connectivity index is 2.11. The summed E-state index contributed by atoms with van der Waals surface area (Å²) in [5, 5.41) is 0. The Morgan fingerprint density at radius 2 is 1.76 bits per heavy atom. The van der Waals surface area contributed by atoms with E-state index >= 15 is 0 Å². The zero-order chi connectivity index (χ0) is 12.5. The second-order valence-electron chi connectivity index (χ2n) is 4.61. The molecule has 0 spiro atoms. The molecule has 0 heterocycles. The van der Waals surface area contributed by atoms with E-state index in [9.17, 15) is 13.2 Å². The number of halogens is 3. The van der Waals surface area contributed by atoms with E-state index < -0.39 is 12.1 Å². The highest BCUT2D eigenvalue weighted by atomic mass is 19.4. The molecule has 1 aromatic carbocycles. The first-order chi connectivity index (χ1) is 7.97. The molecule has 1 aliphatic rings. The third-order valence-electron chi connectivity index (χ3n) is 3.30. The van der Waals surface area contributed by atoms with Crippen LogP contribution < -0.4 is 0 Å². The molecule has 17 heavy (non-hydrogen) atoms. The standard InChI is InChI=1S/C14H15F3/c1-10-2-4-11(5-3-10)12-6-8-13(9-7-12)14(15,16)17/h2-6,13H,7-9H2,1H3. The van der Waals surface area contributed by atoms with E-state index in [0.29, 0.717) is 6.42 Å². The van der Waals surface area contributed by atoms with Crippen molar-refractivity contribution in [2.75, 3.05) is 0 Å². The largest absolute Gasteiger partial charge is 0.392 e. The van der Waals surface area contributed by atoms with Gasteiger partial charge in [0.15, 0.2) is 0 Å². The van der Waals surface area contributed by atoms with Crippen molar-refractivity contribution in [1.29, 1.82) is 0 Å². The second kappa shape index (κ2) is 4.55. The van der Waals surface area contributed by atoms with Gasteiger partial charge in [0.25, 0.3) is 0 Å². The highest BCUT2D eigenvalue weighted by molar-refractivity contribution is 5.66. The molecule has 1 aliphatic carbocycles. The van der Waals surface area contributed by atoms with Crippen LogP contribution >= 0.6 is 0 Å². The average molecular weight is 240 g/mol. The summed E-state index contributed by atoms with van der Waals surface area (Å²) in [5.74, 6) is -1.16. The maximum Gasteiger partial charge on any atom is 0.392 e. The lowest BCUT2D eigenvalue weighted by atomic mass is 9.86. The molecule has 0 saturated heterocycles. The molecule has 3 heteroatoms. The summed E-state index contributed by atoms with van der Waals surface area (Å²) in [5.41, 5.74) is 3.26. The van der Waals surface area contributed by atoms with Crippen LogP contribution in [0, 0.1) is 12.8 Å². The fraction of sp³-hybridized carbons (Fsp3) is 0.429. The molecule has 1 unspecified atom stereocenters. The van der Waals surface area contributed by atoms with Gasteiger partial charge in [0.05, 0.1) is 5.92 Å². The van der Waals surface area contributed by atoms with Crippen LogP contribution in [0.3, 0.4) is 0 Å². The average Bonchev–Trinajstić information content (AvgIpc) is 2.29. The molecule has 0 amide bonds. The lowest BCUT2D eigenvalue weighted by molar-refractivity contribution is -0.175. The molecule has 0 saturated carbocycles. The van der Waals surface area contributed by atoms with Gasteiger partial charge in [-0.15, -0.1) is 0 Å². The van der Waals surface area contributed by atoms with Crippen molar-refractivity contribution in [2.45, 2.75) is 32.4 Å². The maximum atomic E-state index is 12.5. The van der Waals surface area contributed by atoms with Crippen molar-refractivity contribution in [3.63, 3.8) is 0 Å². The molecule has 92 valence electrons. The molecule has 0 fully saturated rings. The molecule has 1 atom stereocenters. The molecular weight excluding hydrogens is 225 g/mol. The van der Waals surface area contributed by atoms with Crippen molar-refractivity contribution >= 4 is 5.57 Å². The minimum absolute atomic E-state index is 0.118. The summed E-state index contributed by atoms with van der Waals surface area (Å²) < 4.78 is 37.5. The normalized spacial score (nSPS) is 21.2. The molecule has 0 N–H and O–H groups in total. The first-order valence-corrected chi connectivity index (χ1v) is 5.79. The minimum atomic E-state index is -4.05. The first-order valence-electron chi connectivity index (χ1n) is 5.79. The van der Waals surface area contributed by atoms with E-state index in [0.717, 1.165) is 11.1 Å². The molecule has 1 aromatic rings. The minimum Gasteiger partial charge on any atom is -0.171 e. The Labute approximate surface area is 99.2 Å². The van der Waals surface area contributed by atoms with Crippen LogP contribution in [0.4, 0.5) is 13.2 Å². The van der Waals surface area contributed by atoms with Crippen LogP contribution in [0.5, 0.6) is 0 Å². The Bertz CT molecular complexity index is 412.